The fourth-order valence-corrected chi connectivity index (χ4v) is 3.14. The van der Waals surface area contributed by atoms with E-state index in [1.807, 2.05) is 18.2 Å². The molecule has 186 valence electrons. The van der Waals surface area contributed by atoms with E-state index in [0.29, 0.717) is 28.8 Å². The quantitative estimate of drug-likeness (QED) is 0.476. The number of ether oxygens (including phenoxy) is 2. The van der Waals surface area contributed by atoms with Crippen LogP contribution in [0.25, 0.3) is 17.1 Å². The highest BCUT2D eigenvalue weighted by atomic mass is 16.6. The van der Waals surface area contributed by atoms with Gasteiger partial charge in [-0.1, -0.05) is 6.07 Å². The molecule has 0 unspecified atom stereocenters. The number of aliphatic hydroxyl groups is 1. The van der Waals surface area contributed by atoms with E-state index in [-0.39, 0.29) is 32.0 Å². The van der Waals surface area contributed by atoms with Crippen molar-refractivity contribution in [2.24, 2.45) is 0 Å². The molecule has 0 spiro atoms. The fourth-order valence-electron chi connectivity index (χ4n) is 3.14. The lowest BCUT2D eigenvalue weighted by Gasteiger charge is -2.26. The first-order valence-electron chi connectivity index (χ1n) is 11.1. The van der Waals surface area contributed by atoms with E-state index in [1.54, 1.807) is 56.0 Å². The van der Waals surface area contributed by atoms with Crippen LogP contribution < -0.4 is 10.1 Å². The van der Waals surface area contributed by atoms with Gasteiger partial charge in [-0.25, -0.2) is 14.5 Å². The Morgan fingerprint density at radius 3 is 2.54 bits per heavy atom. The van der Waals surface area contributed by atoms with Gasteiger partial charge in [0.05, 0.1) is 37.0 Å². The Bertz CT molecular complexity index is 1130. The molecule has 35 heavy (non-hydrogen) atoms. The highest BCUT2D eigenvalue weighted by Crippen LogP contribution is 2.25. The zero-order chi connectivity index (χ0) is 25.4. The second kappa shape index (κ2) is 11.4. The maximum atomic E-state index is 12.7. The van der Waals surface area contributed by atoms with Gasteiger partial charge >= 0.3 is 6.09 Å². The SMILES string of the molecule is COc1ccc(-n2nc(NC(=O)CCN(CCO)C(=O)OC(C)(C)C)cc2-c2ccccn2)cn1. The van der Waals surface area contributed by atoms with Crippen molar-refractivity contribution in [3.05, 3.63) is 48.8 Å². The Morgan fingerprint density at radius 2 is 1.94 bits per heavy atom. The van der Waals surface area contributed by atoms with Gasteiger partial charge in [-0.15, -0.1) is 5.10 Å². The third kappa shape index (κ3) is 7.24. The minimum atomic E-state index is -0.682. The first-order chi connectivity index (χ1) is 16.7. The minimum Gasteiger partial charge on any atom is -0.481 e. The van der Waals surface area contributed by atoms with E-state index in [1.165, 1.54) is 12.0 Å². The number of rotatable bonds is 9. The Labute approximate surface area is 203 Å². The van der Waals surface area contributed by atoms with Crippen LogP contribution >= 0.6 is 0 Å². The molecule has 0 aliphatic rings. The van der Waals surface area contributed by atoms with Crippen LogP contribution in [-0.2, 0) is 9.53 Å². The summed E-state index contributed by atoms with van der Waals surface area (Å²) in [6.07, 6.45) is 2.68. The molecular weight excluding hydrogens is 452 g/mol. The van der Waals surface area contributed by atoms with Crippen LogP contribution in [0.2, 0.25) is 0 Å². The number of nitrogens with one attached hydrogen (secondary N) is 1. The molecular formula is C24H30N6O5. The Kier molecular flexibility index (Phi) is 8.37. The van der Waals surface area contributed by atoms with Crippen LogP contribution in [0.3, 0.4) is 0 Å². The number of hydrogen-bond donors (Lipinski definition) is 2. The molecule has 3 aromatic rings. The summed E-state index contributed by atoms with van der Waals surface area (Å²) < 4.78 is 12.1. The van der Waals surface area contributed by atoms with Gasteiger partial charge in [0.25, 0.3) is 0 Å². The number of methoxy groups -OCH3 is 1. The third-order valence-electron chi connectivity index (χ3n) is 4.71. The van der Waals surface area contributed by atoms with Gasteiger partial charge in [-0.3, -0.25) is 9.78 Å². The summed E-state index contributed by atoms with van der Waals surface area (Å²) in [5.74, 6) is 0.435. The van der Waals surface area contributed by atoms with E-state index in [9.17, 15) is 14.7 Å². The number of carbonyl (C=O) groups is 2. The molecule has 3 aromatic heterocycles. The van der Waals surface area contributed by atoms with Gasteiger partial charge in [0, 0.05) is 37.8 Å². The average Bonchev–Trinajstić information content (AvgIpc) is 3.24. The van der Waals surface area contributed by atoms with Crippen molar-refractivity contribution in [3.8, 4) is 23.0 Å². The maximum absolute atomic E-state index is 12.7. The van der Waals surface area contributed by atoms with E-state index in [2.05, 4.69) is 20.4 Å². The predicted octanol–water partition coefficient (Wildman–Crippen LogP) is 2.90. The molecule has 0 bridgehead atoms. The molecule has 3 rings (SSSR count). The van der Waals surface area contributed by atoms with Gasteiger partial charge in [0.1, 0.15) is 5.60 Å². The normalized spacial score (nSPS) is 11.1. The van der Waals surface area contributed by atoms with Gasteiger partial charge < -0.3 is 24.8 Å². The third-order valence-corrected chi connectivity index (χ3v) is 4.71. The van der Waals surface area contributed by atoms with Gasteiger partial charge in [-0.05, 0) is 39.0 Å². The molecule has 3 heterocycles. The monoisotopic (exact) mass is 482 g/mol. The standard InChI is InChI=1S/C24H30N6O5/c1-24(2,3)35-23(33)29(13-14-31)12-10-21(32)27-20-15-19(18-7-5-6-11-25-18)30(28-20)17-8-9-22(34-4)26-16-17/h5-9,11,15-16,31H,10,12-14H2,1-4H3,(H,27,28,32). The Balaban J connectivity index is 1.76. The number of aliphatic hydroxyl groups excluding tert-OH is 1. The molecule has 0 fully saturated rings. The number of amides is 2. The summed E-state index contributed by atoms with van der Waals surface area (Å²) in [6, 6.07) is 10.7. The van der Waals surface area contributed by atoms with Crippen LogP contribution in [0.1, 0.15) is 27.2 Å². The van der Waals surface area contributed by atoms with Gasteiger partial charge in [-0.2, -0.15) is 0 Å². The minimum absolute atomic E-state index is 0.00485. The first-order valence-corrected chi connectivity index (χ1v) is 11.1. The lowest BCUT2D eigenvalue weighted by atomic mass is 10.2. The summed E-state index contributed by atoms with van der Waals surface area (Å²) in [7, 11) is 1.54. The molecule has 0 saturated heterocycles. The zero-order valence-electron chi connectivity index (χ0n) is 20.3. The molecule has 2 amide bonds. The molecule has 11 nitrogen and oxygen atoms in total. The van der Waals surface area contributed by atoms with Crippen LogP contribution in [-0.4, -0.2) is 74.2 Å². The highest BCUT2D eigenvalue weighted by molar-refractivity contribution is 5.90. The van der Waals surface area contributed by atoms with Crippen molar-refractivity contribution in [1.82, 2.24) is 24.6 Å². The molecule has 0 saturated carbocycles. The van der Waals surface area contributed by atoms with Crippen molar-refractivity contribution in [3.63, 3.8) is 0 Å². The summed E-state index contributed by atoms with van der Waals surface area (Å²) in [5.41, 5.74) is 1.29. The molecule has 0 radical (unpaired) electrons. The lowest BCUT2D eigenvalue weighted by molar-refractivity contribution is -0.116. The Morgan fingerprint density at radius 1 is 1.14 bits per heavy atom. The van der Waals surface area contributed by atoms with Gasteiger partial charge in [0.15, 0.2) is 5.82 Å². The van der Waals surface area contributed by atoms with Crippen molar-refractivity contribution in [2.45, 2.75) is 32.8 Å². The predicted molar refractivity (Wildman–Crippen MR) is 129 cm³/mol. The van der Waals surface area contributed by atoms with Crippen molar-refractivity contribution >= 4 is 17.8 Å². The highest BCUT2D eigenvalue weighted by Gasteiger charge is 2.23. The van der Waals surface area contributed by atoms with Crippen molar-refractivity contribution in [1.29, 1.82) is 0 Å². The second-order valence-electron chi connectivity index (χ2n) is 8.59. The van der Waals surface area contributed by atoms with E-state index in [4.69, 9.17) is 9.47 Å². The summed E-state index contributed by atoms with van der Waals surface area (Å²) >= 11 is 0. The lowest BCUT2D eigenvalue weighted by Crippen LogP contribution is -2.40. The first kappa shape index (κ1) is 25.6. The number of anilines is 1. The van der Waals surface area contributed by atoms with Crippen molar-refractivity contribution < 1.29 is 24.2 Å². The second-order valence-corrected chi connectivity index (χ2v) is 8.59. The number of nitrogens with zero attached hydrogens (tertiary/aromatic N) is 5. The van der Waals surface area contributed by atoms with Crippen LogP contribution in [0, 0.1) is 0 Å². The maximum Gasteiger partial charge on any atom is 0.410 e. The zero-order valence-corrected chi connectivity index (χ0v) is 20.3. The molecule has 0 aliphatic heterocycles. The topological polar surface area (TPSA) is 132 Å². The largest absolute Gasteiger partial charge is 0.481 e. The number of aromatic nitrogens is 4. The molecule has 0 aromatic carbocycles. The molecule has 11 heteroatoms. The molecule has 0 aliphatic carbocycles. The number of carbonyl (C=O) groups excluding carboxylic acids is 2. The van der Waals surface area contributed by atoms with Crippen molar-refractivity contribution in [2.75, 3.05) is 32.1 Å². The number of pyridine rings is 2. The summed E-state index contributed by atoms with van der Waals surface area (Å²) in [5, 5.41) is 16.6. The fraction of sp³-hybridized carbons (Fsp3) is 0.375. The van der Waals surface area contributed by atoms with E-state index >= 15 is 0 Å². The average molecular weight is 483 g/mol. The van der Waals surface area contributed by atoms with Crippen LogP contribution in [0.5, 0.6) is 5.88 Å². The van der Waals surface area contributed by atoms with E-state index in [0.717, 1.165) is 0 Å². The van der Waals surface area contributed by atoms with Crippen LogP contribution in [0.15, 0.2) is 48.8 Å². The summed E-state index contributed by atoms with van der Waals surface area (Å²) in [4.78, 5) is 34.9. The Hall–Kier alpha value is -3.99. The van der Waals surface area contributed by atoms with E-state index < -0.39 is 11.7 Å². The smallest absolute Gasteiger partial charge is 0.410 e. The number of hydrogen-bond acceptors (Lipinski definition) is 8. The van der Waals surface area contributed by atoms with Gasteiger partial charge in [0.2, 0.25) is 11.8 Å². The molecule has 2 N–H and O–H groups in total. The van der Waals surface area contributed by atoms with Crippen LogP contribution in [0.4, 0.5) is 10.6 Å². The molecule has 0 atom stereocenters. The summed E-state index contributed by atoms with van der Waals surface area (Å²) in [6.45, 7) is 5.16.